The number of phenolic OH excluding ortho intramolecular Hbond substituents is 1. The third-order valence-electron chi connectivity index (χ3n) is 5.34. The van der Waals surface area contributed by atoms with Crippen molar-refractivity contribution in [3.8, 4) is 11.5 Å². The van der Waals surface area contributed by atoms with Crippen molar-refractivity contribution < 1.29 is 29.3 Å². The summed E-state index contributed by atoms with van der Waals surface area (Å²) < 4.78 is 11.2. The lowest BCUT2D eigenvalue weighted by Crippen LogP contribution is -2.31. The van der Waals surface area contributed by atoms with Crippen LogP contribution < -0.4 is 4.74 Å². The molecule has 1 saturated heterocycles. The smallest absolute Gasteiger partial charge is 0.295 e. The van der Waals surface area contributed by atoms with Crippen LogP contribution in [0.25, 0.3) is 5.76 Å². The van der Waals surface area contributed by atoms with Gasteiger partial charge in [-0.1, -0.05) is 19.1 Å². The predicted molar refractivity (Wildman–Crippen MR) is 125 cm³/mol. The zero-order chi connectivity index (χ0) is 24.0. The number of benzene rings is 2. The number of phenols is 1. The molecule has 1 atom stereocenters. The van der Waals surface area contributed by atoms with E-state index in [0.29, 0.717) is 43.1 Å². The van der Waals surface area contributed by atoms with Crippen LogP contribution in [0.2, 0.25) is 0 Å². The van der Waals surface area contributed by atoms with Crippen LogP contribution >= 0.6 is 0 Å². The summed E-state index contributed by atoms with van der Waals surface area (Å²) in [6, 6.07) is 12.3. The van der Waals surface area contributed by atoms with Crippen molar-refractivity contribution in [1.82, 2.24) is 4.90 Å². The molecule has 1 fully saturated rings. The van der Waals surface area contributed by atoms with Gasteiger partial charge in [-0.15, -0.1) is 0 Å². The van der Waals surface area contributed by atoms with Gasteiger partial charge in [0.05, 0.1) is 24.3 Å². The lowest BCUT2D eigenvalue weighted by molar-refractivity contribution is -0.140. The Labute approximate surface area is 194 Å². The molecule has 2 aromatic carbocycles. The number of carbonyl (C=O) groups excluding carboxylic acids is 2. The van der Waals surface area contributed by atoms with Crippen molar-refractivity contribution in [2.24, 2.45) is 0 Å². The minimum absolute atomic E-state index is 0.0256. The second-order valence-corrected chi connectivity index (χ2v) is 8.23. The number of aromatic hydroxyl groups is 1. The third-order valence-corrected chi connectivity index (χ3v) is 5.34. The Morgan fingerprint density at radius 3 is 2.30 bits per heavy atom. The predicted octanol–water partition coefficient (Wildman–Crippen LogP) is 4.42. The van der Waals surface area contributed by atoms with Gasteiger partial charge < -0.3 is 24.6 Å². The standard InChI is InChI=1S/C26H31NO6/c1-4-15-33-21-12-8-19(9-13-21)24(29)22-23(18-6-10-20(28)11-7-18)27(26(31)25(22)30)14-5-16-32-17(2)3/h6-13,17,23,28-29H,4-5,14-16H2,1-3H3/b24-22-. The molecule has 7 nitrogen and oxygen atoms in total. The van der Waals surface area contributed by atoms with Crippen LogP contribution in [-0.4, -0.2) is 52.7 Å². The maximum absolute atomic E-state index is 13.0. The fourth-order valence-electron chi connectivity index (χ4n) is 3.75. The zero-order valence-corrected chi connectivity index (χ0v) is 19.3. The lowest BCUT2D eigenvalue weighted by atomic mass is 9.95. The van der Waals surface area contributed by atoms with Gasteiger partial charge in [-0.3, -0.25) is 9.59 Å². The Morgan fingerprint density at radius 2 is 1.70 bits per heavy atom. The summed E-state index contributed by atoms with van der Waals surface area (Å²) in [6.07, 6.45) is 1.49. The first-order valence-electron chi connectivity index (χ1n) is 11.3. The van der Waals surface area contributed by atoms with E-state index in [-0.39, 0.29) is 23.2 Å². The highest BCUT2D eigenvalue weighted by atomic mass is 16.5. The van der Waals surface area contributed by atoms with Gasteiger partial charge in [-0.05, 0) is 68.7 Å². The van der Waals surface area contributed by atoms with E-state index in [9.17, 15) is 19.8 Å². The Morgan fingerprint density at radius 1 is 1.03 bits per heavy atom. The number of nitrogens with zero attached hydrogens (tertiary/aromatic N) is 1. The van der Waals surface area contributed by atoms with E-state index >= 15 is 0 Å². The number of Topliss-reactive ketones (excluding diaryl/α,β-unsaturated/α-hetero) is 1. The maximum Gasteiger partial charge on any atom is 0.295 e. The van der Waals surface area contributed by atoms with E-state index in [2.05, 4.69) is 0 Å². The molecule has 0 spiro atoms. The Bertz CT molecular complexity index is 994. The maximum atomic E-state index is 13.0. The highest BCUT2D eigenvalue weighted by Crippen LogP contribution is 2.40. The van der Waals surface area contributed by atoms with Gasteiger partial charge in [-0.25, -0.2) is 0 Å². The number of aliphatic hydroxyl groups excluding tert-OH is 1. The quantitative estimate of drug-likeness (QED) is 0.239. The van der Waals surface area contributed by atoms with E-state index in [1.54, 1.807) is 36.4 Å². The van der Waals surface area contributed by atoms with Gasteiger partial charge in [-0.2, -0.15) is 0 Å². The van der Waals surface area contributed by atoms with Crippen molar-refractivity contribution in [1.29, 1.82) is 0 Å². The number of rotatable bonds is 10. The monoisotopic (exact) mass is 453 g/mol. The third kappa shape index (κ3) is 5.73. The molecule has 3 rings (SSSR count). The van der Waals surface area contributed by atoms with E-state index in [4.69, 9.17) is 9.47 Å². The first-order chi connectivity index (χ1) is 15.8. The highest BCUT2D eigenvalue weighted by Gasteiger charge is 2.45. The topological polar surface area (TPSA) is 96.3 Å². The number of carbonyl (C=O) groups is 2. The SMILES string of the molecule is CCCOc1ccc(/C(O)=C2/C(=O)C(=O)N(CCCOC(C)C)C2c2ccc(O)cc2)cc1. The molecule has 0 radical (unpaired) electrons. The number of likely N-dealkylation sites (tertiary alicyclic amines) is 1. The van der Waals surface area contributed by atoms with Crippen molar-refractivity contribution in [2.75, 3.05) is 19.8 Å². The summed E-state index contributed by atoms with van der Waals surface area (Å²) in [5.41, 5.74) is 1.07. The molecule has 0 saturated carbocycles. The van der Waals surface area contributed by atoms with Crippen LogP contribution in [0.3, 0.4) is 0 Å². The number of amides is 1. The Hall–Kier alpha value is -3.32. The first-order valence-corrected chi connectivity index (χ1v) is 11.3. The van der Waals surface area contributed by atoms with Crippen molar-refractivity contribution in [2.45, 2.75) is 45.8 Å². The molecule has 7 heteroatoms. The number of ketones is 1. The van der Waals surface area contributed by atoms with E-state index in [1.807, 2.05) is 20.8 Å². The zero-order valence-electron chi connectivity index (χ0n) is 19.3. The molecule has 1 amide bonds. The van der Waals surface area contributed by atoms with Crippen molar-refractivity contribution in [3.63, 3.8) is 0 Å². The minimum Gasteiger partial charge on any atom is -0.508 e. The Balaban J connectivity index is 1.97. The molecular formula is C26H31NO6. The molecule has 0 aliphatic carbocycles. The molecule has 1 heterocycles. The second-order valence-electron chi connectivity index (χ2n) is 8.23. The fraction of sp³-hybridized carbons (Fsp3) is 0.385. The first kappa shape index (κ1) is 24.3. The van der Waals surface area contributed by atoms with Crippen LogP contribution in [0.5, 0.6) is 11.5 Å². The number of hydrogen-bond donors (Lipinski definition) is 2. The Kier molecular flexibility index (Phi) is 8.11. The summed E-state index contributed by atoms with van der Waals surface area (Å²) in [6.45, 7) is 7.20. The van der Waals surface area contributed by atoms with E-state index < -0.39 is 17.7 Å². The lowest BCUT2D eigenvalue weighted by Gasteiger charge is -2.25. The molecule has 2 aromatic rings. The number of hydrogen-bond acceptors (Lipinski definition) is 6. The van der Waals surface area contributed by atoms with E-state index in [1.165, 1.54) is 17.0 Å². The van der Waals surface area contributed by atoms with Gasteiger partial charge in [0.25, 0.3) is 11.7 Å². The molecular weight excluding hydrogens is 422 g/mol. The molecule has 2 N–H and O–H groups in total. The molecule has 1 aliphatic rings. The van der Waals surface area contributed by atoms with Crippen LogP contribution in [0.15, 0.2) is 54.1 Å². The van der Waals surface area contributed by atoms with Gasteiger partial charge in [0, 0.05) is 18.7 Å². The normalized spacial score (nSPS) is 17.7. The summed E-state index contributed by atoms with van der Waals surface area (Å²) in [4.78, 5) is 27.4. The van der Waals surface area contributed by atoms with Gasteiger partial charge >= 0.3 is 0 Å². The molecule has 176 valence electrons. The molecule has 0 aromatic heterocycles. The van der Waals surface area contributed by atoms with Crippen LogP contribution in [-0.2, 0) is 14.3 Å². The van der Waals surface area contributed by atoms with Gasteiger partial charge in [0.2, 0.25) is 0 Å². The van der Waals surface area contributed by atoms with Crippen molar-refractivity contribution in [3.05, 3.63) is 65.2 Å². The van der Waals surface area contributed by atoms with Crippen LogP contribution in [0, 0.1) is 0 Å². The largest absolute Gasteiger partial charge is 0.508 e. The summed E-state index contributed by atoms with van der Waals surface area (Å²) in [5, 5.41) is 20.8. The average molecular weight is 454 g/mol. The average Bonchev–Trinajstić information content (AvgIpc) is 3.05. The summed E-state index contributed by atoms with van der Waals surface area (Å²) in [5.74, 6) is -0.907. The second kappa shape index (κ2) is 11.0. The van der Waals surface area contributed by atoms with Crippen LogP contribution in [0.4, 0.5) is 0 Å². The number of aliphatic hydroxyl groups is 1. The highest BCUT2D eigenvalue weighted by molar-refractivity contribution is 6.46. The minimum atomic E-state index is -0.763. The molecule has 1 unspecified atom stereocenters. The van der Waals surface area contributed by atoms with Crippen molar-refractivity contribution >= 4 is 17.4 Å². The molecule has 33 heavy (non-hydrogen) atoms. The molecule has 1 aliphatic heterocycles. The summed E-state index contributed by atoms with van der Waals surface area (Å²) >= 11 is 0. The number of ether oxygens (including phenoxy) is 2. The summed E-state index contributed by atoms with van der Waals surface area (Å²) in [7, 11) is 0. The molecule has 0 bridgehead atoms. The van der Waals surface area contributed by atoms with Gasteiger partial charge in [0.15, 0.2) is 0 Å². The van der Waals surface area contributed by atoms with Crippen LogP contribution in [0.1, 0.15) is 50.8 Å². The van der Waals surface area contributed by atoms with Gasteiger partial charge in [0.1, 0.15) is 17.3 Å². The van der Waals surface area contributed by atoms with E-state index in [0.717, 1.165) is 6.42 Å². The fourth-order valence-corrected chi connectivity index (χ4v) is 3.75.